The van der Waals surface area contributed by atoms with Crippen LogP contribution < -0.4 is 10.5 Å². The minimum absolute atomic E-state index is 0. The first-order valence-corrected chi connectivity index (χ1v) is 10.3. The van der Waals surface area contributed by atoms with E-state index in [9.17, 15) is 0 Å². The highest BCUT2D eigenvalue weighted by molar-refractivity contribution is 6.10. The largest absolute Gasteiger partial charge is 0.497 e. The van der Waals surface area contributed by atoms with Gasteiger partial charge in [-0.15, -0.1) is 24.8 Å². The Morgan fingerprint density at radius 1 is 1.10 bits per heavy atom. The highest BCUT2D eigenvalue weighted by Crippen LogP contribution is 2.44. The molecule has 2 aromatic carbocycles. The van der Waals surface area contributed by atoms with Gasteiger partial charge in [-0.3, -0.25) is 4.98 Å². The first kappa shape index (κ1) is 23.4. The number of hydrogen-bond donors (Lipinski definition) is 2. The lowest BCUT2D eigenvalue weighted by molar-refractivity contribution is 0.280. The topological polar surface area (TPSA) is 63.9 Å². The fourth-order valence-corrected chi connectivity index (χ4v) is 4.88. The molecule has 0 saturated heterocycles. The average Bonchev–Trinajstić information content (AvgIpc) is 3.07. The predicted molar refractivity (Wildman–Crippen MR) is 133 cm³/mol. The molecule has 0 radical (unpaired) electrons. The molecule has 31 heavy (non-hydrogen) atoms. The Hall–Kier alpha value is -2.27. The van der Waals surface area contributed by atoms with Crippen LogP contribution in [-0.2, 0) is 12.8 Å². The first-order chi connectivity index (χ1) is 13.9. The lowest BCUT2D eigenvalue weighted by atomic mass is 9.73. The van der Waals surface area contributed by atoms with Crippen molar-refractivity contribution in [2.24, 2.45) is 11.1 Å². The summed E-state index contributed by atoms with van der Waals surface area (Å²) in [5, 5.41) is 2.50. The Morgan fingerprint density at radius 2 is 1.81 bits per heavy atom. The number of aromatic nitrogens is 2. The summed E-state index contributed by atoms with van der Waals surface area (Å²) >= 11 is 0. The number of pyridine rings is 1. The van der Waals surface area contributed by atoms with Crippen LogP contribution in [0.1, 0.15) is 48.8 Å². The van der Waals surface area contributed by atoms with Crippen molar-refractivity contribution in [3.63, 3.8) is 0 Å². The zero-order valence-electron chi connectivity index (χ0n) is 18.1. The van der Waals surface area contributed by atoms with Crippen LogP contribution in [-0.4, -0.2) is 17.1 Å². The maximum Gasteiger partial charge on any atom is 0.118 e. The molecular formula is C25H29Cl2N3O. The summed E-state index contributed by atoms with van der Waals surface area (Å²) in [4.78, 5) is 8.82. The van der Waals surface area contributed by atoms with E-state index in [2.05, 4.69) is 55.2 Å². The Labute approximate surface area is 195 Å². The Morgan fingerprint density at radius 3 is 2.52 bits per heavy atom. The number of aromatic amines is 1. The monoisotopic (exact) mass is 457 g/mol. The molecule has 4 nitrogen and oxygen atoms in total. The van der Waals surface area contributed by atoms with E-state index in [1.54, 1.807) is 7.11 Å². The summed E-state index contributed by atoms with van der Waals surface area (Å²) in [6, 6.07) is 16.8. The van der Waals surface area contributed by atoms with Crippen molar-refractivity contribution in [1.29, 1.82) is 0 Å². The third-order valence-electron chi connectivity index (χ3n) is 6.16. The van der Waals surface area contributed by atoms with Gasteiger partial charge >= 0.3 is 0 Å². The van der Waals surface area contributed by atoms with Gasteiger partial charge in [0.1, 0.15) is 5.75 Å². The second-order valence-corrected chi connectivity index (χ2v) is 9.02. The molecule has 0 spiro atoms. The molecule has 5 rings (SSSR count). The Bertz CT molecular complexity index is 1220. The number of halogens is 2. The second-order valence-electron chi connectivity index (χ2n) is 9.02. The lowest BCUT2D eigenvalue weighted by Crippen LogP contribution is -2.31. The number of hydrogen-bond acceptors (Lipinski definition) is 3. The summed E-state index contributed by atoms with van der Waals surface area (Å²) < 4.78 is 5.30. The fraction of sp³-hybridized carbons (Fsp3) is 0.320. The summed E-state index contributed by atoms with van der Waals surface area (Å²) in [5.74, 6) is 0.871. The molecule has 1 aliphatic carbocycles. The van der Waals surface area contributed by atoms with Gasteiger partial charge in [0.25, 0.3) is 0 Å². The molecule has 1 aliphatic rings. The van der Waals surface area contributed by atoms with Crippen LogP contribution in [0.25, 0.3) is 21.8 Å². The van der Waals surface area contributed by atoms with Crippen LogP contribution >= 0.6 is 24.8 Å². The Kier molecular flexibility index (Phi) is 6.56. The van der Waals surface area contributed by atoms with Gasteiger partial charge in [-0.1, -0.05) is 44.2 Å². The maximum absolute atomic E-state index is 6.71. The summed E-state index contributed by atoms with van der Waals surface area (Å²) in [6.45, 7) is 4.58. The Balaban J connectivity index is 0.00000136. The fourth-order valence-electron chi connectivity index (χ4n) is 4.88. The number of para-hydroxylation sites is 1. The molecular weight excluding hydrogens is 429 g/mol. The van der Waals surface area contributed by atoms with Crippen LogP contribution in [0.15, 0.2) is 48.5 Å². The van der Waals surface area contributed by atoms with Crippen molar-refractivity contribution in [3.8, 4) is 5.75 Å². The number of rotatable bonds is 3. The maximum atomic E-state index is 6.71. The van der Waals surface area contributed by atoms with Gasteiger partial charge in [0, 0.05) is 40.0 Å². The van der Waals surface area contributed by atoms with Gasteiger partial charge in [0.05, 0.1) is 18.3 Å². The number of fused-ring (bicyclic) bond motifs is 5. The third-order valence-corrected chi connectivity index (χ3v) is 6.16. The minimum Gasteiger partial charge on any atom is -0.497 e. The molecule has 0 aliphatic heterocycles. The van der Waals surface area contributed by atoms with Crippen LogP contribution in [0.5, 0.6) is 5.75 Å². The molecule has 2 aromatic heterocycles. The number of benzene rings is 2. The normalized spacial score (nSPS) is 17.0. The molecule has 4 aromatic rings. The van der Waals surface area contributed by atoms with Crippen molar-refractivity contribution in [1.82, 2.24) is 9.97 Å². The van der Waals surface area contributed by atoms with Gasteiger partial charge in [-0.25, -0.2) is 0 Å². The van der Waals surface area contributed by atoms with Crippen molar-refractivity contribution in [2.75, 3.05) is 7.11 Å². The second kappa shape index (κ2) is 8.70. The van der Waals surface area contributed by atoms with Gasteiger partial charge in [0.2, 0.25) is 0 Å². The SMILES string of the molecule is COc1ccc(Cc2nc3c(c4c2[nH]c2ccccc24)C(N)CC(C)(C)C3)cc1.Cl.Cl. The molecule has 2 heterocycles. The predicted octanol–water partition coefficient (Wildman–Crippen LogP) is 6.13. The van der Waals surface area contributed by atoms with E-state index < -0.39 is 0 Å². The molecule has 0 amide bonds. The molecule has 0 saturated carbocycles. The zero-order chi connectivity index (χ0) is 20.2. The number of ether oxygens (including phenoxy) is 1. The van der Waals surface area contributed by atoms with Crippen molar-refractivity contribution < 1.29 is 4.74 Å². The van der Waals surface area contributed by atoms with E-state index in [0.29, 0.717) is 0 Å². The first-order valence-electron chi connectivity index (χ1n) is 10.3. The van der Waals surface area contributed by atoms with Crippen molar-refractivity contribution >= 4 is 46.6 Å². The van der Waals surface area contributed by atoms with E-state index in [1.165, 1.54) is 21.9 Å². The summed E-state index contributed by atoms with van der Waals surface area (Å²) in [7, 11) is 1.69. The highest BCUT2D eigenvalue weighted by Gasteiger charge is 2.34. The van der Waals surface area contributed by atoms with Gasteiger partial charge in [-0.05, 0) is 42.0 Å². The number of H-pyrrole nitrogens is 1. The van der Waals surface area contributed by atoms with E-state index >= 15 is 0 Å². The van der Waals surface area contributed by atoms with E-state index in [0.717, 1.165) is 47.4 Å². The van der Waals surface area contributed by atoms with Gasteiger partial charge < -0.3 is 15.5 Å². The molecule has 0 bridgehead atoms. The van der Waals surface area contributed by atoms with Crippen LogP contribution in [0, 0.1) is 5.41 Å². The molecule has 0 fully saturated rings. The van der Waals surface area contributed by atoms with Crippen LogP contribution in [0.2, 0.25) is 0 Å². The zero-order valence-corrected chi connectivity index (χ0v) is 19.7. The van der Waals surface area contributed by atoms with Crippen LogP contribution in [0.4, 0.5) is 0 Å². The van der Waals surface area contributed by atoms with E-state index in [4.69, 9.17) is 15.5 Å². The highest BCUT2D eigenvalue weighted by atomic mass is 35.5. The molecule has 164 valence electrons. The number of methoxy groups -OCH3 is 1. The van der Waals surface area contributed by atoms with E-state index in [-0.39, 0.29) is 36.3 Å². The standard InChI is InChI=1S/C25H27N3O.2ClH/c1-25(2)13-18(26)23-21(14-25)27-20(12-15-8-10-16(29-3)11-9-15)24-22(23)17-6-4-5-7-19(17)28-24;;/h4-11,18,28H,12-14,26H2,1-3H3;2*1H. The third kappa shape index (κ3) is 4.12. The van der Waals surface area contributed by atoms with Crippen LogP contribution in [0.3, 0.4) is 0 Å². The van der Waals surface area contributed by atoms with Crippen molar-refractivity contribution in [2.45, 2.75) is 39.2 Å². The summed E-state index contributed by atoms with van der Waals surface area (Å²) in [6.07, 6.45) is 2.71. The lowest BCUT2D eigenvalue weighted by Gasteiger charge is -2.35. The summed E-state index contributed by atoms with van der Waals surface area (Å²) in [5.41, 5.74) is 13.8. The van der Waals surface area contributed by atoms with Gasteiger partial charge in [0.15, 0.2) is 0 Å². The van der Waals surface area contributed by atoms with Crippen molar-refractivity contribution in [3.05, 3.63) is 71.0 Å². The number of nitrogens with one attached hydrogen (secondary N) is 1. The minimum atomic E-state index is 0. The number of nitrogens with zero attached hydrogens (tertiary/aromatic N) is 1. The average molecular weight is 458 g/mol. The van der Waals surface area contributed by atoms with E-state index in [1.807, 2.05) is 12.1 Å². The smallest absolute Gasteiger partial charge is 0.118 e. The number of nitrogens with two attached hydrogens (primary N) is 1. The molecule has 6 heteroatoms. The molecule has 1 unspecified atom stereocenters. The quantitative estimate of drug-likeness (QED) is 0.388. The molecule has 3 N–H and O–H groups in total. The van der Waals surface area contributed by atoms with Gasteiger partial charge in [-0.2, -0.15) is 0 Å². The molecule has 1 atom stereocenters.